The average molecular weight is 908 g/mol. The Kier molecular flexibility index (Phi) is 10.6. The smallest absolute Gasteiger partial charge is 0.0714 e. The molecule has 11 rings (SSSR count). The Balaban J connectivity index is 1.24. The van der Waals surface area contributed by atoms with Gasteiger partial charge in [-0.3, -0.25) is 0 Å². The molecule has 1 heteroatoms. The van der Waals surface area contributed by atoms with Gasteiger partial charge in [0.1, 0.15) is 0 Å². The summed E-state index contributed by atoms with van der Waals surface area (Å²) in [7, 11) is 0. The molecule has 0 aliphatic heterocycles. The maximum Gasteiger partial charge on any atom is 0.0714 e. The van der Waals surface area contributed by atoms with Crippen LogP contribution in [0, 0.1) is 34.6 Å². The molecule has 1 nitrogen and oxygen atoms in total. The Morgan fingerprint density at radius 2 is 0.643 bits per heavy atom. The molecule has 2 unspecified atom stereocenters. The largest absolute Gasteiger partial charge is 0.310 e. The van der Waals surface area contributed by atoms with E-state index in [1.165, 1.54) is 111 Å². The molecule has 0 saturated carbocycles. The number of anilines is 3. The number of nitrogens with zero attached hydrogens (tertiary/aromatic N) is 1. The van der Waals surface area contributed by atoms with E-state index < -0.39 is 10.8 Å². The van der Waals surface area contributed by atoms with Crippen LogP contribution in [0.25, 0.3) is 22.3 Å². The molecule has 9 aromatic rings. The predicted molar refractivity (Wildman–Crippen MR) is 297 cm³/mol. The Hall–Kier alpha value is -7.22. The third-order valence-corrected chi connectivity index (χ3v) is 16.5. The molecule has 0 heterocycles. The number of hydrogen-bond donors (Lipinski definition) is 0. The van der Waals surface area contributed by atoms with Crippen molar-refractivity contribution in [3.8, 4) is 22.3 Å². The third-order valence-electron chi connectivity index (χ3n) is 16.5. The number of benzene rings is 9. The van der Waals surface area contributed by atoms with Crippen LogP contribution < -0.4 is 4.90 Å². The van der Waals surface area contributed by atoms with Crippen LogP contribution in [0.3, 0.4) is 0 Å². The Morgan fingerprint density at radius 1 is 0.300 bits per heavy atom. The molecule has 0 aromatic heterocycles. The van der Waals surface area contributed by atoms with Gasteiger partial charge in [-0.2, -0.15) is 0 Å². The molecule has 0 fully saturated rings. The maximum absolute atomic E-state index is 2.61. The van der Waals surface area contributed by atoms with Gasteiger partial charge in [-0.15, -0.1) is 0 Å². The van der Waals surface area contributed by atoms with Gasteiger partial charge in [-0.05, 0) is 175 Å². The summed E-state index contributed by atoms with van der Waals surface area (Å²) in [4.78, 5) is 2.61. The number of hydrogen-bond acceptors (Lipinski definition) is 1. The van der Waals surface area contributed by atoms with E-state index in [-0.39, 0.29) is 10.8 Å². The number of fused-ring (bicyclic) bond motifs is 6. The second-order valence-electron chi connectivity index (χ2n) is 22.3. The van der Waals surface area contributed by atoms with E-state index in [0.29, 0.717) is 0 Å². The van der Waals surface area contributed by atoms with Crippen LogP contribution in [0.4, 0.5) is 17.1 Å². The van der Waals surface area contributed by atoms with Crippen molar-refractivity contribution in [1.29, 1.82) is 0 Å². The molecule has 70 heavy (non-hydrogen) atoms. The fourth-order valence-electron chi connectivity index (χ4n) is 12.4. The van der Waals surface area contributed by atoms with Crippen LogP contribution in [-0.2, 0) is 21.7 Å². The second kappa shape index (κ2) is 16.5. The van der Waals surface area contributed by atoms with Gasteiger partial charge >= 0.3 is 0 Å². The molecule has 0 amide bonds. The van der Waals surface area contributed by atoms with Crippen molar-refractivity contribution < 1.29 is 0 Å². The molecule has 346 valence electrons. The van der Waals surface area contributed by atoms with Crippen molar-refractivity contribution in [1.82, 2.24) is 0 Å². The van der Waals surface area contributed by atoms with Crippen molar-refractivity contribution in [3.05, 3.63) is 278 Å². The number of rotatable bonds is 7. The molecule has 2 aliphatic rings. The second-order valence-corrected chi connectivity index (χ2v) is 22.3. The fraction of sp³-hybridized carbons (Fsp3) is 0.217. The normalized spacial score (nSPS) is 16.9. The molecular weight excluding hydrogens is 843 g/mol. The molecule has 0 radical (unpaired) electrons. The van der Waals surface area contributed by atoms with Gasteiger partial charge in [-0.1, -0.05) is 211 Å². The van der Waals surface area contributed by atoms with E-state index in [4.69, 9.17) is 0 Å². The first-order chi connectivity index (χ1) is 33.6. The highest BCUT2D eigenvalue weighted by molar-refractivity contribution is 5.93. The lowest BCUT2D eigenvalue weighted by molar-refractivity contribution is 0.587. The molecule has 2 aliphatic carbocycles. The van der Waals surface area contributed by atoms with Gasteiger partial charge in [0, 0.05) is 11.4 Å². The molecular formula is C69H65N. The van der Waals surface area contributed by atoms with Crippen molar-refractivity contribution >= 4 is 17.1 Å². The van der Waals surface area contributed by atoms with Crippen molar-refractivity contribution in [3.63, 3.8) is 0 Å². The van der Waals surface area contributed by atoms with E-state index in [1.807, 2.05) is 0 Å². The summed E-state index contributed by atoms with van der Waals surface area (Å²) in [5.41, 5.74) is 27.1. The zero-order valence-corrected chi connectivity index (χ0v) is 42.9. The van der Waals surface area contributed by atoms with Crippen LogP contribution in [0.1, 0.15) is 125 Å². The minimum Gasteiger partial charge on any atom is -0.310 e. The first kappa shape index (κ1) is 45.2. The first-order valence-corrected chi connectivity index (χ1v) is 25.3. The molecule has 0 saturated heterocycles. The van der Waals surface area contributed by atoms with E-state index in [0.717, 1.165) is 11.4 Å². The highest BCUT2D eigenvalue weighted by Crippen LogP contribution is 2.60. The van der Waals surface area contributed by atoms with Gasteiger partial charge in [0.15, 0.2) is 0 Å². The van der Waals surface area contributed by atoms with Gasteiger partial charge < -0.3 is 4.90 Å². The lowest BCUT2D eigenvalue weighted by Gasteiger charge is -2.37. The van der Waals surface area contributed by atoms with Gasteiger partial charge in [0.25, 0.3) is 0 Å². The van der Waals surface area contributed by atoms with Gasteiger partial charge in [-0.25, -0.2) is 0 Å². The van der Waals surface area contributed by atoms with Crippen molar-refractivity contribution in [2.24, 2.45) is 0 Å². The summed E-state index contributed by atoms with van der Waals surface area (Å²) in [6.07, 6.45) is 0. The van der Waals surface area contributed by atoms with Crippen LogP contribution in [-0.4, -0.2) is 0 Å². The lowest BCUT2D eigenvalue weighted by atomic mass is 9.66. The average Bonchev–Trinajstić information content (AvgIpc) is 3.84. The zero-order chi connectivity index (χ0) is 48.9. The minimum atomic E-state index is -0.570. The fourth-order valence-corrected chi connectivity index (χ4v) is 12.4. The van der Waals surface area contributed by atoms with Crippen molar-refractivity contribution in [2.45, 2.75) is 97.8 Å². The summed E-state index contributed by atoms with van der Waals surface area (Å²) in [6.45, 7) is 25.5. The summed E-state index contributed by atoms with van der Waals surface area (Å²) in [6, 6.07) is 74.4. The van der Waals surface area contributed by atoms with E-state index in [1.54, 1.807) is 0 Å². The molecule has 0 spiro atoms. The Labute approximate surface area is 417 Å². The summed E-state index contributed by atoms with van der Waals surface area (Å²) >= 11 is 0. The Bertz CT molecular complexity index is 3280. The van der Waals surface area contributed by atoms with Gasteiger partial charge in [0.2, 0.25) is 0 Å². The zero-order valence-electron chi connectivity index (χ0n) is 42.9. The molecule has 0 bridgehead atoms. The standard InChI is InChI=1S/C69H65N/c1-44-45(2)47(4)65(48(5)46(44)3)70(55-36-38-59-57-32-18-20-34-61(57)68(63(59)42-55,49-24-14-12-15-25-49)53-30-22-28-51(40-53)66(6,7)8)56-37-39-60-58-33-19-21-35-62(58)69(64(60)43-56,50-26-16-13-17-27-50)54-31-23-29-52(41-54)67(9,10)11/h12-43H,1-11H3. The highest BCUT2D eigenvalue weighted by atomic mass is 15.1. The quantitative estimate of drug-likeness (QED) is 0.154. The van der Waals surface area contributed by atoms with E-state index >= 15 is 0 Å². The molecule has 9 aromatic carbocycles. The van der Waals surface area contributed by atoms with Crippen LogP contribution in [0.15, 0.2) is 194 Å². The van der Waals surface area contributed by atoms with Gasteiger partial charge in [0.05, 0.1) is 16.5 Å². The topological polar surface area (TPSA) is 3.24 Å². The van der Waals surface area contributed by atoms with Crippen LogP contribution >= 0.6 is 0 Å². The Morgan fingerprint density at radius 3 is 1.04 bits per heavy atom. The SMILES string of the molecule is Cc1c(C)c(C)c(N(c2ccc3c(c2)C(c2ccccc2)(c2cccc(C(C)(C)C)c2)c2ccccc2-3)c2ccc3c(c2)C(c2ccccc2)(c2cccc(C(C)(C)C)c2)c2ccccc2-3)c(C)c1C. The summed E-state index contributed by atoms with van der Waals surface area (Å²) in [5.74, 6) is 0. The first-order valence-electron chi connectivity index (χ1n) is 25.3. The minimum absolute atomic E-state index is 0.0278. The highest BCUT2D eigenvalue weighted by Gasteiger charge is 2.49. The summed E-state index contributed by atoms with van der Waals surface area (Å²) < 4.78 is 0. The maximum atomic E-state index is 2.61. The molecule has 2 atom stereocenters. The lowest BCUT2D eigenvalue weighted by Crippen LogP contribution is -2.30. The van der Waals surface area contributed by atoms with Crippen LogP contribution in [0.5, 0.6) is 0 Å². The van der Waals surface area contributed by atoms with E-state index in [9.17, 15) is 0 Å². The third kappa shape index (κ3) is 6.65. The monoisotopic (exact) mass is 908 g/mol. The van der Waals surface area contributed by atoms with Crippen molar-refractivity contribution in [2.75, 3.05) is 4.90 Å². The predicted octanol–water partition coefficient (Wildman–Crippen LogP) is 18.0. The molecule has 0 N–H and O–H groups in total. The summed E-state index contributed by atoms with van der Waals surface area (Å²) in [5, 5.41) is 0. The van der Waals surface area contributed by atoms with Crippen LogP contribution in [0.2, 0.25) is 0 Å². The van der Waals surface area contributed by atoms with E-state index in [2.05, 4.69) is 275 Å².